The lowest BCUT2D eigenvalue weighted by Gasteiger charge is -2.24. The van der Waals surface area contributed by atoms with E-state index in [9.17, 15) is 14.0 Å². The Kier molecular flexibility index (Phi) is 6.39. The van der Waals surface area contributed by atoms with Crippen molar-refractivity contribution in [2.24, 2.45) is 0 Å². The molecule has 2 amide bonds. The quantitative estimate of drug-likeness (QED) is 0.756. The van der Waals surface area contributed by atoms with Gasteiger partial charge in [-0.15, -0.1) is 0 Å². The van der Waals surface area contributed by atoms with E-state index >= 15 is 0 Å². The van der Waals surface area contributed by atoms with E-state index in [1.807, 2.05) is 4.90 Å². The van der Waals surface area contributed by atoms with Gasteiger partial charge in [-0.05, 0) is 49.7 Å². The van der Waals surface area contributed by atoms with Crippen molar-refractivity contribution in [2.75, 3.05) is 45.8 Å². The van der Waals surface area contributed by atoms with Crippen LogP contribution in [0, 0.1) is 5.82 Å². The Morgan fingerprint density at radius 2 is 1.73 bits per heavy atom. The van der Waals surface area contributed by atoms with Gasteiger partial charge in [-0.1, -0.05) is 12.1 Å². The monoisotopic (exact) mass is 359 g/mol. The molecule has 0 spiro atoms. The second kappa shape index (κ2) is 8.94. The predicted octanol–water partition coefficient (Wildman–Crippen LogP) is 2.00. The van der Waals surface area contributed by atoms with Crippen molar-refractivity contribution in [3.63, 3.8) is 0 Å². The van der Waals surface area contributed by atoms with Crippen molar-refractivity contribution in [1.82, 2.24) is 14.7 Å². The predicted molar refractivity (Wildman–Crippen MR) is 98.9 cm³/mol. The highest BCUT2D eigenvalue weighted by molar-refractivity contribution is 5.92. The zero-order valence-corrected chi connectivity index (χ0v) is 15.1. The average molecular weight is 359 g/mol. The molecule has 2 saturated heterocycles. The van der Waals surface area contributed by atoms with Crippen molar-refractivity contribution >= 4 is 17.9 Å². The van der Waals surface area contributed by atoms with Crippen molar-refractivity contribution in [3.8, 4) is 0 Å². The van der Waals surface area contributed by atoms with E-state index in [1.165, 1.54) is 31.1 Å². The van der Waals surface area contributed by atoms with Crippen LogP contribution >= 0.6 is 0 Å². The number of carbonyl (C=O) groups excluding carboxylic acids is 2. The van der Waals surface area contributed by atoms with E-state index in [1.54, 1.807) is 23.1 Å². The van der Waals surface area contributed by atoms with Crippen LogP contribution in [0.15, 0.2) is 30.3 Å². The van der Waals surface area contributed by atoms with Gasteiger partial charge in [0.05, 0.1) is 0 Å². The van der Waals surface area contributed by atoms with Crippen LogP contribution in [0.2, 0.25) is 0 Å². The summed E-state index contributed by atoms with van der Waals surface area (Å²) in [5.74, 6) is -0.279. The molecule has 2 aliphatic heterocycles. The third kappa shape index (κ3) is 5.14. The minimum atomic E-state index is -0.298. The van der Waals surface area contributed by atoms with Crippen molar-refractivity contribution in [1.29, 1.82) is 0 Å². The molecule has 0 aromatic heterocycles. The van der Waals surface area contributed by atoms with Crippen LogP contribution in [0.3, 0.4) is 0 Å². The molecule has 6 heteroatoms. The molecular weight excluding hydrogens is 333 g/mol. The number of likely N-dealkylation sites (tertiary alicyclic amines) is 1. The van der Waals surface area contributed by atoms with Gasteiger partial charge in [-0.2, -0.15) is 0 Å². The van der Waals surface area contributed by atoms with Crippen molar-refractivity contribution < 1.29 is 14.0 Å². The number of benzene rings is 1. The average Bonchev–Trinajstić information content (AvgIpc) is 3.09. The molecule has 2 heterocycles. The van der Waals surface area contributed by atoms with Gasteiger partial charge in [0.1, 0.15) is 5.82 Å². The van der Waals surface area contributed by atoms with Gasteiger partial charge in [0, 0.05) is 45.2 Å². The number of amides is 2. The third-order valence-electron chi connectivity index (χ3n) is 5.07. The van der Waals surface area contributed by atoms with Gasteiger partial charge < -0.3 is 14.7 Å². The molecule has 5 nitrogen and oxygen atoms in total. The standard InChI is InChI=1S/C20H26FN3O2/c21-18-6-3-17(4-7-18)5-8-19(25)23-12-9-20(26)24(16-15-23)14-13-22-10-1-2-11-22/h3-8H,1-2,9-16H2/b8-5+. The molecule has 26 heavy (non-hydrogen) atoms. The third-order valence-corrected chi connectivity index (χ3v) is 5.07. The Labute approximate surface area is 154 Å². The Balaban J connectivity index is 1.50. The number of nitrogens with zero attached hydrogens (tertiary/aromatic N) is 3. The summed E-state index contributed by atoms with van der Waals surface area (Å²) in [4.78, 5) is 30.7. The molecule has 3 rings (SSSR count). The SMILES string of the molecule is O=C(/C=C/c1ccc(F)cc1)N1CCC(=O)N(CCN2CCCC2)CC1. The maximum atomic E-state index is 12.9. The zero-order chi connectivity index (χ0) is 18.4. The molecule has 2 fully saturated rings. The Bertz CT molecular complexity index is 654. The topological polar surface area (TPSA) is 43.9 Å². The summed E-state index contributed by atoms with van der Waals surface area (Å²) in [6.07, 6.45) is 6.04. The lowest BCUT2D eigenvalue weighted by atomic mass is 10.2. The van der Waals surface area contributed by atoms with Gasteiger partial charge in [-0.25, -0.2) is 4.39 Å². The highest BCUT2D eigenvalue weighted by Gasteiger charge is 2.23. The molecule has 0 unspecified atom stereocenters. The summed E-state index contributed by atoms with van der Waals surface area (Å²) in [6, 6.07) is 6.00. The molecule has 0 bridgehead atoms. The van der Waals surface area contributed by atoms with Gasteiger partial charge in [0.25, 0.3) is 0 Å². The normalized spacial score (nSPS) is 19.3. The fourth-order valence-corrected chi connectivity index (χ4v) is 3.44. The van der Waals surface area contributed by atoms with Crippen LogP contribution in [0.1, 0.15) is 24.8 Å². The molecule has 2 aliphatic rings. The van der Waals surface area contributed by atoms with Crippen LogP contribution in [0.4, 0.5) is 4.39 Å². The van der Waals surface area contributed by atoms with Crippen molar-refractivity contribution in [2.45, 2.75) is 19.3 Å². The second-order valence-corrected chi connectivity index (χ2v) is 6.89. The summed E-state index contributed by atoms with van der Waals surface area (Å²) in [6.45, 7) is 5.50. The molecule has 0 atom stereocenters. The van der Waals surface area contributed by atoms with Crippen LogP contribution in [0.25, 0.3) is 6.08 Å². The lowest BCUT2D eigenvalue weighted by molar-refractivity contribution is -0.130. The van der Waals surface area contributed by atoms with E-state index in [-0.39, 0.29) is 17.6 Å². The Morgan fingerprint density at radius 1 is 1.00 bits per heavy atom. The van der Waals surface area contributed by atoms with Crippen LogP contribution in [0.5, 0.6) is 0 Å². The molecule has 1 aromatic carbocycles. The fourth-order valence-electron chi connectivity index (χ4n) is 3.44. The van der Waals surface area contributed by atoms with E-state index in [4.69, 9.17) is 0 Å². The number of rotatable bonds is 5. The largest absolute Gasteiger partial charge is 0.340 e. The number of hydrogen-bond donors (Lipinski definition) is 0. The van der Waals surface area contributed by atoms with Crippen LogP contribution < -0.4 is 0 Å². The highest BCUT2D eigenvalue weighted by Crippen LogP contribution is 2.10. The summed E-state index contributed by atoms with van der Waals surface area (Å²) in [5.41, 5.74) is 0.776. The van der Waals surface area contributed by atoms with Gasteiger partial charge in [-0.3, -0.25) is 9.59 Å². The summed E-state index contributed by atoms with van der Waals surface area (Å²) in [5, 5.41) is 0. The van der Waals surface area contributed by atoms with Gasteiger partial charge in [0.2, 0.25) is 11.8 Å². The summed E-state index contributed by atoms with van der Waals surface area (Å²) >= 11 is 0. The first-order chi connectivity index (χ1) is 12.6. The molecule has 1 aromatic rings. The van der Waals surface area contributed by atoms with E-state index in [2.05, 4.69) is 4.90 Å². The maximum Gasteiger partial charge on any atom is 0.246 e. The number of hydrogen-bond acceptors (Lipinski definition) is 3. The zero-order valence-electron chi connectivity index (χ0n) is 15.1. The van der Waals surface area contributed by atoms with Gasteiger partial charge in [0.15, 0.2) is 0 Å². The first kappa shape index (κ1) is 18.6. The second-order valence-electron chi connectivity index (χ2n) is 6.89. The molecule has 0 N–H and O–H groups in total. The smallest absolute Gasteiger partial charge is 0.246 e. The fraction of sp³-hybridized carbons (Fsp3) is 0.500. The molecule has 0 aliphatic carbocycles. The van der Waals surface area contributed by atoms with Crippen LogP contribution in [-0.2, 0) is 9.59 Å². The number of halogens is 1. The molecular formula is C20H26FN3O2. The van der Waals surface area contributed by atoms with Crippen molar-refractivity contribution in [3.05, 3.63) is 41.7 Å². The molecule has 0 radical (unpaired) electrons. The van der Waals surface area contributed by atoms with E-state index in [0.717, 1.165) is 31.7 Å². The Morgan fingerprint density at radius 3 is 2.46 bits per heavy atom. The first-order valence-corrected chi connectivity index (χ1v) is 9.34. The minimum Gasteiger partial charge on any atom is -0.340 e. The van der Waals surface area contributed by atoms with E-state index in [0.29, 0.717) is 26.1 Å². The van der Waals surface area contributed by atoms with Crippen LogP contribution in [-0.4, -0.2) is 72.3 Å². The maximum absolute atomic E-state index is 12.9. The highest BCUT2D eigenvalue weighted by atomic mass is 19.1. The minimum absolute atomic E-state index is 0.108. The number of carbonyl (C=O) groups is 2. The van der Waals surface area contributed by atoms with E-state index < -0.39 is 0 Å². The Hall–Kier alpha value is -2.21. The molecule has 0 saturated carbocycles. The first-order valence-electron chi connectivity index (χ1n) is 9.34. The summed E-state index contributed by atoms with van der Waals surface area (Å²) < 4.78 is 12.9. The van der Waals surface area contributed by atoms with Gasteiger partial charge >= 0.3 is 0 Å². The molecule has 140 valence electrons. The summed E-state index contributed by atoms with van der Waals surface area (Å²) in [7, 11) is 0. The lowest BCUT2D eigenvalue weighted by Crippen LogP contribution is -2.39.